The van der Waals surface area contributed by atoms with Crippen molar-refractivity contribution in [3.8, 4) is 0 Å². The van der Waals surface area contributed by atoms with E-state index in [0.29, 0.717) is 13.1 Å². The number of nitrogens with zero attached hydrogens (tertiary/aromatic N) is 2. The van der Waals surface area contributed by atoms with Crippen molar-refractivity contribution in [1.29, 1.82) is 0 Å². The number of hydrogen-bond donors (Lipinski definition) is 0. The van der Waals surface area contributed by atoms with Crippen LogP contribution < -0.4 is 4.90 Å². The third-order valence-electron chi connectivity index (χ3n) is 3.21. The molecule has 0 spiro atoms. The second-order valence-electron chi connectivity index (χ2n) is 5.15. The zero-order chi connectivity index (χ0) is 14.0. The summed E-state index contributed by atoms with van der Waals surface area (Å²) in [6.45, 7) is 2.02. The van der Waals surface area contributed by atoms with Gasteiger partial charge in [-0.05, 0) is 37.9 Å². The lowest BCUT2D eigenvalue weighted by atomic mass is 10.1. The molecule has 0 bridgehead atoms. The summed E-state index contributed by atoms with van der Waals surface area (Å²) < 4.78 is 24.1. The minimum atomic E-state index is -2.83. The van der Waals surface area contributed by atoms with Gasteiger partial charge < -0.3 is 9.80 Å². The van der Waals surface area contributed by atoms with Crippen LogP contribution in [0, 0.1) is 0 Å². The van der Waals surface area contributed by atoms with E-state index in [4.69, 9.17) is 0 Å². The molecule has 1 saturated heterocycles. The van der Waals surface area contributed by atoms with Gasteiger partial charge in [0.25, 0.3) is 0 Å². The van der Waals surface area contributed by atoms with Crippen LogP contribution in [-0.4, -0.2) is 52.0 Å². The number of benzene rings is 1. The first kappa shape index (κ1) is 14.8. The van der Waals surface area contributed by atoms with E-state index in [1.807, 2.05) is 20.2 Å². The Balaban J connectivity index is 2.24. The summed E-state index contributed by atoms with van der Waals surface area (Å²) in [7, 11) is 1.24. The van der Waals surface area contributed by atoms with E-state index in [1.165, 1.54) is 5.56 Å². The van der Waals surface area contributed by atoms with Gasteiger partial charge in [0.1, 0.15) is 0 Å². The van der Waals surface area contributed by atoms with Crippen molar-refractivity contribution in [3.63, 3.8) is 0 Å². The van der Waals surface area contributed by atoms with Gasteiger partial charge in [-0.3, -0.25) is 0 Å². The van der Waals surface area contributed by atoms with Crippen molar-refractivity contribution in [1.82, 2.24) is 4.90 Å². The van der Waals surface area contributed by atoms with Gasteiger partial charge in [-0.15, -0.1) is 0 Å². The molecule has 0 atom stereocenters. The molecule has 0 amide bonds. The molecule has 0 radical (unpaired) electrons. The Morgan fingerprint density at radius 3 is 2.47 bits per heavy atom. The van der Waals surface area contributed by atoms with Crippen LogP contribution in [0.25, 0.3) is 0 Å². The molecule has 1 aliphatic rings. The SMILES string of the molecule is CN(C)Cc1cc(Br)ccc1N1CCS(=O)(=O)CC1. The fourth-order valence-corrected chi connectivity index (χ4v) is 3.89. The molecule has 0 unspecified atom stereocenters. The van der Waals surface area contributed by atoms with Gasteiger partial charge in [-0.1, -0.05) is 15.9 Å². The van der Waals surface area contributed by atoms with E-state index in [2.05, 4.69) is 37.9 Å². The van der Waals surface area contributed by atoms with Crippen LogP contribution >= 0.6 is 15.9 Å². The Morgan fingerprint density at radius 2 is 1.89 bits per heavy atom. The highest BCUT2D eigenvalue weighted by Crippen LogP contribution is 2.26. The molecule has 106 valence electrons. The summed E-state index contributed by atoms with van der Waals surface area (Å²) in [6.07, 6.45) is 0. The highest BCUT2D eigenvalue weighted by Gasteiger charge is 2.23. The molecule has 1 aromatic rings. The Labute approximate surface area is 123 Å². The maximum Gasteiger partial charge on any atom is 0.153 e. The number of hydrogen-bond acceptors (Lipinski definition) is 4. The minimum Gasteiger partial charge on any atom is -0.369 e. The Hall–Kier alpha value is -0.590. The van der Waals surface area contributed by atoms with Gasteiger partial charge in [0.05, 0.1) is 11.5 Å². The molecule has 1 aromatic carbocycles. The van der Waals surface area contributed by atoms with E-state index in [1.54, 1.807) is 0 Å². The number of halogens is 1. The van der Waals surface area contributed by atoms with Gasteiger partial charge in [0.15, 0.2) is 9.84 Å². The molecule has 0 aliphatic carbocycles. The largest absolute Gasteiger partial charge is 0.369 e. The van der Waals surface area contributed by atoms with E-state index in [-0.39, 0.29) is 11.5 Å². The van der Waals surface area contributed by atoms with E-state index in [0.717, 1.165) is 16.7 Å². The van der Waals surface area contributed by atoms with Crippen molar-refractivity contribution < 1.29 is 8.42 Å². The third kappa shape index (κ3) is 3.94. The summed E-state index contributed by atoms with van der Waals surface area (Å²) in [4.78, 5) is 4.29. The average Bonchev–Trinajstić information content (AvgIpc) is 2.29. The first-order chi connectivity index (χ1) is 8.87. The second-order valence-corrected chi connectivity index (χ2v) is 8.37. The van der Waals surface area contributed by atoms with Crippen LogP contribution in [0.5, 0.6) is 0 Å². The predicted octanol–water partition coefficient (Wildman–Crippen LogP) is 1.75. The maximum absolute atomic E-state index is 11.5. The highest BCUT2D eigenvalue weighted by atomic mass is 79.9. The molecule has 1 aliphatic heterocycles. The first-order valence-corrected chi connectivity index (χ1v) is 8.87. The molecule has 2 rings (SSSR count). The monoisotopic (exact) mass is 346 g/mol. The predicted molar refractivity (Wildman–Crippen MR) is 82.4 cm³/mol. The lowest BCUT2D eigenvalue weighted by Gasteiger charge is -2.31. The summed E-state index contributed by atoms with van der Waals surface area (Å²) in [5.74, 6) is 0.509. The van der Waals surface area contributed by atoms with Crippen LogP contribution in [0.15, 0.2) is 22.7 Å². The van der Waals surface area contributed by atoms with Crippen molar-refractivity contribution in [2.24, 2.45) is 0 Å². The molecule has 6 heteroatoms. The van der Waals surface area contributed by atoms with Crippen LogP contribution in [0.2, 0.25) is 0 Å². The van der Waals surface area contributed by atoms with Crippen molar-refractivity contribution >= 4 is 31.5 Å². The number of rotatable bonds is 3. The lowest BCUT2D eigenvalue weighted by Crippen LogP contribution is -2.40. The molecular weight excluding hydrogens is 328 g/mol. The fraction of sp³-hybridized carbons (Fsp3) is 0.538. The average molecular weight is 347 g/mol. The normalized spacial score (nSPS) is 18.8. The van der Waals surface area contributed by atoms with Crippen LogP contribution in [0.4, 0.5) is 5.69 Å². The highest BCUT2D eigenvalue weighted by molar-refractivity contribution is 9.10. The van der Waals surface area contributed by atoms with Gasteiger partial charge in [0.2, 0.25) is 0 Å². The summed E-state index contributed by atoms with van der Waals surface area (Å²) >= 11 is 3.50. The fourth-order valence-electron chi connectivity index (χ4n) is 2.28. The molecule has 0 aromatic heterocycles. The third-order valence-corrected chi connectivity index (χ3v) is 5.32. The van der Waals surface area contributed by atoms with Crippen LogP contribution in [0.1, 0.15) is 5.56 Å². The van der Waals surface area contributed by atoms with Gasteiger partial charge in [0, 0.05) is 29.8 Å². The molecule has 1 fully saturated rings. The first-order valence-electron chi connectivity index (χ1n) is 6.26. The standard InChI is InChI=1S/C13H19BrN2O2S/c1-15(2)10-11-9-12(14)3-4-13(11)16-5-7-19(17,18)8-6-16/h3-4,9H,5-8,10H2,1-2H3. The van der Waals surface area contributed by atoms with E-state index >= 15 is 0 Å². The Kier molecular flexibility index (Phi) is 4.53. The molecular formula is C13H19BrN2O2S. The summed E-state index contributed by atoms with van der Waals surface area (Å²) in [5.41, 5.74) is 2.37. The minimum absolute atomic E-state index is 0.254. The molecule has 0 N–H and O–H groups in total. The lowest BCUT2D eigenvalue weighted by molar-refractivity contribution is 0.402. The topological polar surface area (TPSA) is 40.6 Å². The maximum atomic E-state index is 11.5. The molecule has 19 heavy (non-hydrogen) atoms. The molecule has 1 heterocycles. The quantitative estimate of drug-likeness (QED) is 0.835. The summed E-state index contributed by atoms with van der Waals surface area (Å²) in [5, 5.41) is 0. The second kappa shape index (κ2) is 5.81. The smallest absolute Gasteiger partial charge is 0.153 e. The van der Waals surface area contributed by atoms with Crippen LogP contribution in [-0.2, 0) is 16.4 Å². The summed E-state index contributed by atoms with van der Waals surface area (Å²) in [6, 6.07) is 6.19. The number of sulfone groups is 1. The Morgan fingerprint density at radius 1 is 1.26 bits per heavy atom. The van der Waals surface area contributed by atoms with Crippen LogP contribution in [0.3, 0.4) is 0 Å². The van der Waals surface area contributed by atoms with Gasteiger partial charge in [-0.25, -0.2) is 8.42 Å². The van der Waals surface area contributed by atoms with Crippen molar-refractivity contribution in [2.75, 3.05) is 43.6 Å². The number of anilines is 1. The van der Waals surface area contributed by atoms with Gasteiger partial charge in [-0.2, -0.15) is 0 Å². The van der Waals surface area contributed by atoms with Crippen molar-refractivity contribution in [3.05, 3.63) is 28.2 Å². The molecule has 4 nitrogen and oxygen atoms in total. The molecule has 0 saturated carbocycles. The zero-order valence-corrected chi connectivity index (χ0v) is 13.7. The van der Waals surface area contributed by atoms with E-state index in [9.17, 15) is 8.42 Å². The Bertz CT molecular complexity index is 544. The zero-order valence-electron chi connectivity index (χ0n) is 11.3. The van der Waals surface area contributed by atoms with Crippen molar-refractivity contribution in [2.45, 2.75) is 6.54 Å². The van der Waals surface area contributed by atoms with E-state index < -0.39 is 9.84 Å². The van der Waals surface area contributed by atoms with Gasteiger partial charge >= 0.3 is 0 Å².